The predicted molar refractivity (Wildman–Crippen MR) is 86.7 cm³/mol. The second-order valence-electron chi connectivity index (χ2n) is 4.79. The van der Waals surface area contributed by atoms with Crippen molar-refractivity contribution in [2.24, 2.45) is 0 Å². The average molecular weight is 269 g/mol. The van der Waals surface area contributed by atoms with Gasteiger partial charge in [0.15, 0.2) is 0 Å². The van der Waals surface area contributed by atoms with Crippen LogP contribution in [0.15, 0.2) is 48.6 Å². The third-order valence-electron chi connectivity index (χ3n) is 3.02. The van der Waals surface area contributed by atoms with Crippen LogP contribution in [0, 0.1) is 5.41 Å². The van der Waals surface area contributed by atoms with E-state index in [0.29, 0.717) is 11.6 Å². The van der Waals surface area contributed by atoms with Crippen LogP contribution in [0.4, 0.5) is 0 Å². The Hall–Kier alpha value is -1.67. The Labute approximate surface area is 118 Å². The van der Waals surface area contributed by atoms with Gasteiger partial charge < -0.3 is 0 Å². The molecule has 0 aliphatic carbocycles. The van der Waals surface area contributed by atoms with Crippen LogP contribution in [-0.4, -0.2) is 5.71 Å². The largest absolute Gasteiger partial charge is 0.299 e. The molecule has 1 nitrogen and oxygen atoms in total. The van der Waals surface area contributed by atoms with Crippen LogP contribution in [0.25, 0.3) is 10.1 Å². The second-order valence-corrected chi connectivity index (χ2v) is 5.85. The Morgan fingerprint density at radius 3 is 2.63 bits per heavy atom. The lowest BCUT2D eigenvalue weighted by molar-refractivity contribution is 0.878. The van der Waals surface area contributed by atoms with E-state index in [9.17, 15) is 0 Å². The number of rotatable bonds is 4. The minimum Gasteiger partial charge on any atom is -0.299 e. The molecular weight excluding hydrogens is 250 g/mol. The van der Waals surface area contributed by atoms with Crippen molar-refractivity contribution >= 4 is 27.1 Å². The highest BCUT2D eigenvalue weighted by Gasteiger charge is 2.16. The minimum absolute atomic E-state index is 0.432. The topological polar surface area (TPSA) is 23.9 Å². The first-order valence-electron chi connectivity index (χ1n) is 6.54. The quantitative estimate of drug-likeness (QED) is 0.558. The maximum atomic E-state index is 8.26. The zero-order valence-corrected chi connectivity index (χ0v) is 12.4. The molecule has 0 atom stereocenters. The maximum Gasteiger partial charge on any atom is 0.0715 e. The summed E-state index contributed by atoms with van der Waals surface area (Å²) in [5.74, 6) is 0.432. The summed E-state index contributed by atoms with van der Waals surface area (Å²) >= 11 is 1.72. The zero-order valence-electron chi connectivity index (χ0n) is 11.6. The Bertz CT molecular complexity index is 644. The van der Waals surface area contributed by atoms with E-state index < -0.39 is 0 Å². The molecule has 0 radical (unpaired) electrons. The fourth-order valence-corrected chi connectivity index (χ4v) is 3.47. The van der Waals surface area contributed by atoms with E-state index in [2.05, 4.69) is 38.1 Å². The Kier molecular flexibility index (Phi) is 4.33. The molecule has 0 fully saturated rings. The van der Waals surface area contributed by atoms with E-state index >= 15 is 0 Å². The molecule has 98 valence electrons. The SMILES string of the molecule is C/C=C/C=C\C(=N)c1sc2ccccc2c1C(C)C. The van der Waals surface area contributed by atoms with Crippen LogP contribution in [0.5, 0.6) is 0 Å². The van der Waals surface area contributed by atoms with Crippen molar-refractivity contribution in [3.8, 4) is 0 Å². The Morgan fingerprint density at radius 1 is 1.21 bits per heavy atom. The highest BCUT2D eigenvalue weighted by molar-refractivity contribution is 7.21. The summed E-state index contributed by atoms with van der Waals surface area (Å²) < 4.78 is 1.27. The van der Waals surface area contributed by atoms with Gasteiger partial charge in [-0.2, -0.15) is 0 Å². The summed E-state index contributed by atoms with van der Waals surface area (Å²) in [7, 11) is 0. The van der Waals surface area contributed by atoms with Crippen molar-refractivity contribution in [2.75, 3.05) is 0 Å². The van der Waals surface area contributed by atoms with Gasteiger partial charge in [-0.15, -0.1) is 11.3 Å². The minimum atomic E-state index is 0.432. The van der Waals surface area contributed by atoms with E-state index in [4.69, 9.17) is 5.41 Å². The first-order chi connectivity index (χ1) is 9.15. The molecule has 1 aromatic carbocycles. The fraction of sp³-hybridized carbons (Fsp3) is 0.235. The van der Waals surface area contributed by atoms with Crippen LogP contribution in [0.3, 0.4) is 0 Å². The lowest BCUT2D eigenvalue weighted by Crippen LogP contribution is -1.98. The Balaban J connectivity index is 2.53. The summed E-state index contributed by atoms with van der Waals surface area (Å²) in [6, 6.07) is 8.43. The molecule has 1 heterocycles. The molecule has 0 saturated heterocycles. The smallest absolute Gasteiger partial charge is 0.0715 e. The first kappa shape index (κ1) is 13.8. The van der Waals surface area contributed by atoms with Crippen LogP contribution >= 0.6 is 11.3 Å². The molecule has 0 amide bonds. The number of thiophene rings is 1. The molecule has 0 aliphatic rings. The van der Waals surface area contributed by atoms with Gasteiger partial charge in [-0.25, -0.2) is 0 Å². The number of allylic oxidation sites excluding steroid dienone is 4. The lowest BCUT2D eigenvalue weighted by Gasteiger charge is -2.07. The normalized spacial score (nSPS) is 12.2. The van der Waals surface area contributed by atoms with Crippen molar-refractivity contribution in [1.29, 1.82) is 5.41 Å². The second kappa shape index (κ2) is 5.98. The van der Waals surface area contributed by atoms with Crippen LogP contribution < -0.4 is 0 Å². The van der Waals surface area contributed by atoms with Gasteiger partial charge in [0.05, 0.1) is 10.6 Å². The van der Waals surface area contributed by atoms with Crippen LogP contribution in [0.2, 0.25) is 0 Å². The van der Waals surface area contributed by atoms with Crippen molar-refractivity contribution in [3.05, 3.63) is 59.0 Å². The Morgan fingerprint density at radius 2 is 1.95 bits per heavy atom. The van der Waals surface area contributed by atoms with E-state index in [0.717, 1.165) is 4.88 Å². The van der Waals surface area contributed by atoms with Gasteiger partial charge in [0.1, 0.15) is 0 Å². The first-order valence-corrected chi connectivity index (χ1v) is 7.36. The van der Waals surface area contributed by atoms with Gasteiger partial charge in [0.25, 0.3) is 0 Å². The predicted octanol–water partition coefficient (Wildman–Crippen LogP) is 5.52. The summed E-state index contributed by atoms with van der Waals surface area (Å²) in [6.07, 6.45) is 7.72. The zero-order chi connectivity index (χ0) is 13.8. The molecule has 0 spiro atoms. The average Bonchev–Trinajstić information content (AvgIpc) is 2.78. The number of benzene rings is 1. The van der Waals surface area contributed by atoms with Gasteiger partial charge in [0, 0.05) is 4.70 Å². The highest BCUT2D eigenvalue weighted by Crippen LogP contribution is 2.36. The van der Waals surface area contributed by atoms with Crippen molar-refractivity contribution in [3.63, 3.8) is 0 Å². The summed E-state index contributed by atoms with van der Waals surface area (Å²) in [5.41, 5.74) is 1.90. The van der Waals surface area contributed by atoms with E-state index in [-0.39, 0.29) is 0 Å². The molecule has 2 aromatic rings. The highest BCUT2D eigenvalue weighted by atomic mass is 32.1. The molecule has 2 rings (SSSR count). The third kappa shape index (κ3) is 2.85. The van der Waals surface area contributed by atoms with Crippen LogP contribution in [-0.2, 0) is 0 Å². The fourth-order valence-electron chi connectivity index (χ4n) is 2.18. The number of nitrogens with one attached hydrogen (secondary N) is 1. The van der Waals surface area contributed by atoms with Crippen molar-refractivity contribution in [2.45, 2.75) is 26.7 Å². The van der Waals surface area contributed by atoms with Gasteiger partial charge in [-0.05, 0) is 35.9 Å². The third-order valence-corrected chi connectivity index (χ3v) is 4.24. The molecule has 1 aromatic heterocycles. The summed E-state index contributed by atoms with van der Waals surface area (Å²) in [5, 5.41) is 9.56. The lowest BCUT2D eigenvalue weighted by atomic mass is 9.98. The van der Waals surface area contributed by atoms with Crippen molar-refractivity contribution < 1.29 is 0 Å². The molecule has 0 bridgehead atoms. The molecule has 0 saturated carbocycles. The number of hydrogen-bond acceptors (Lipinski definition) is 2. The molecular formula is C17H19NS. The number of hydrogen-bond donors (Lipinski definition) is 1. The number of fused-ring (bicyclic) bond motifs is 1. The van der Waals surface area contributed by atoms with Gasteiger partial charge in [-0.1, -0.05) is 50.3 Å². The van der Waals surface area contributed by atoms with E-state index in [1.165, 1.54) is 15.6 Å². The standard InChI is InChI=1S/C17H19NS/c1-4-5-6-10-14(18)17-16(12(2)3)13-9-7-8-11-15(13)19-17/h4-12,18H,1-3H3/b5-4+,10-6-,18-14?. The van der Waals surface area contributed by atoms with Gasteiger partial charge in [-0.3, -0.25) is 5.41 Å². The molecule has 1 N–H and O–H groups in total. The van der Waals surface area contributed by atoms with Crippen LogP contribution in [0.1, 0.15) is 37.1 Å². The molecule has 0 unspecified atom stereocenters. The van der Waals surface area contributed by atoms with E-state index in [1.54, 1.807) is 11.3 Å². The molecule has 19 heavy (non-hydrogen) atoms. The molecule has 2 heteroatoms. The van der Waals surface area contributed by atoms with Gasteiger partial charge in [0.2, 0.25) is 0 Å². The summed E-state index contributed by atoms with van der Waals surface area (Å²) in [4.78, 5) is 1.09. The van der Waals surface area contributed by atoms with Gasteiger partial charge >= 0.3 is 0 Å². The summed E-state index contributed by atoms with van der Waals surface area (Å²) in [6.45, 7) is 6.37. The van der Waals surface area contributed by atoms with E-state index in [1.807, 2.05) is 31.2 Å². The van der Waals surface area contributed by atoms with Crippen molar-refractivity contribution in [1.82, 2.24) is 0 Å². The maximum absolute atomic E-state index is 8.26. The molecule has 0 aliphatic heterocycles. The monoisotopic (exact) mass is 269 g/mol.